The summed E-state index contributed by atoms with van der Waals surface area (Å²) in [5.41, 5.74) is 4.23. The van der Waals surface area contributed by atoms with Crippen LogP contribution in [0.4, 0.5) is 5.69 Å². The van der Waals surface area contributed by atoms with Gasteiger partial charge < -0.3 is 14.8 Å². The number of ether oxygens (including phenoxy) is 2. The van der Waals surface area contributed by atoms with Gasteiger partial charge in [-0.15, -0.1) is 0 Å². The van der Waals surface area contributed by atoms with Crippen LogP contribution in [0.5, 0.6) is 11.5 Å². The highest BCUT2D eigenvalue weighted by atomic mass is 32.2. The molecule has 0 aliphatic carbocycles. The predicted molar refractivity (Wildman–Crippen MR) is 146 cm³/mol. The smallest absolute Gasteiger partial charge is 0.260 e. The summed E-state index contributed by atoms with van der Waals surface area (Å²) in [5.74, 6) is -0.0618. The third-order valence-electron chi connectivity index (χ3n) is 5.37. The first-order valence-corrected chi connectivity index (χ1v) is 13.5. The molecule has 0 fully saturated rings. The second-order valence-corrected chi connectivity index (χ2v) is 10.2. The van der Waals surface area contributed by atoms with Crippen molar-refractivity contribution in [1.82, 2.24) is 10.7 Å². The second kappa shape index (κ2) is 13.2. The molecule has 11 heteroatoms. The highest BCUT2D eigenvalue weighted by molar-refractivity contribution is 7.92. The Morgan fingerprint density at radius 2 is 1.63 bits per heavy atom. The molecule has 0 bridgehead atoms. The van der Waals surface area contributed by atoms with E-state index in [1.807, 2.05) is 37.3 Å². The van der Waals surface area contributed by atoms with Crippen LogP contribution in [0.3, 0.4) is 0 Å². The molecule has 200 valence electrons. The van der Waals surface area contributed by atoms with Gasteiger partial charge in [-0.25, -0.2) is 13.8 Å². The monoisotopic (exact) mass is 538 g/mol. The molecule has 0 saturated carbocycles. The molecule has 0 unspecified atom stereocenters. The standard InChI is InChI=1S/C27H30N4O6S/c1-20(22-9-5-4-6-10-22)29-27(33)19-37-23-15-13-21(14-16-23)17-28-30-26(32)18-31(38(3,34)35)24-11-7-8-12-25(24)36-2/h4-17,20H,18-19H2,1-3H3,(H,29,33)(H,30,32)/b28-17-/t20-/m1/s1. The Hall–Kier alpha value is -4.38. The molecule has 0 aliphatic rings. The Morgan fingerprint density at radius 3 is 2.29 bits per heavy atom. The second-order valence-electron chi connectivity index (χ2n) is 8.29. The average molecular weight is 539 g/mol. The number of anilines is 1. The van der Waals surface area contributed by atoms with Gasteiger partial charge in [0.2, 0.25) is 10.0 Å². The lowest BCUT2D eigenvalue weighted by atomic mass is 10.1. The third kappa shape index (κ3) is 8.34. The lowest BCUT2D eigenvalue weighted by Crippen LogP contribution is -2.39. The third-order valence-corrected chi connectivity index (χ3v) is 6.50. The number of hydrogen-bond donors (Lipinski definition) is 2. The van der Waals surface area contributed by atoms with Gasteiger partial charge in [-0.1, -0.05) is 42.5 Å². The Balaban J connectivity index is 1.50. The van der Waals surface area contributed by atoms with Gasteiger partial charge in [0, 0.05) is 0 Å². The quantitative estimate of drug-likeness (QED) is 0.270. The minimum absolute atomic E-state index is 0.135. The molecule has 0 aromatic heterocycles. The number of carbonyl (C=O) groups excluding carboxylic acids is 2. The SMILES string of the molecule is COc1ccccc1N(CC(=O)N/N=C\c1ccc(OCC(=O)N[C@H](C)c2ccccc2)cc1)S(C)(=O)=O. The van der Waals surface area contributed by atoms with E-state index in [1.54, 1.807) is 48.5 Å². The van der Waals surface area contributed by atoms with Crippen LogP contribution in [0, 0.1) is 0 Å². The van der Waals surface area contributed by atoms with Gasteiger partial charge in [-0.05, 0) is 54.4 Å². The molecular weight excluding hydrogens is 508 g/mol. The maximum atomic E-state index is 12.4. The molecule has 2 N–H and O–H groups in total. The molecule has 0 saturated heterocycles. The topological polar surface area (TPSA) is 126 Å². The summed E-state index contributed by atoms with van der Waals surface area (Å²) in [6, 6.07) is 22.7. The number of para-hydroxylation sites is 2. The number of hydrogen-bond acceptors (Lipinski definition) is 7. The van der Waals surface area contributed by atoms with Crippen molar-refractivity contribution in [3.05, 3.63) is 90.0 Å². The summed E-state index contributed by atoms with van der Waals surface area (Å²) in [7, 11) is -2.34. The van der Waals surface area contributed by atoms with Gasteiger partial charge in [-0.2, -0.15) is 5.10 Å². The normalized spacial score (nSPS) is 12.0. The van der Waals surface area contributed by atoms with Crippen molar-refractivity contribution in [3.8, 4) is 11.5 Å². The highest BCUT2D eigenvalue weighted by Crippen LogP contribution is 2.29. The van der Waals surface area contributed by atoms with Gasteiger partial charge in [0.05, 0.1) is 31.3 Å². The molecule has 10 nitrogen and oxygen atoms in total. The summed E-state index contributed by atoms with van der Waals surface area (Å²) >= 11 is 0. The largest absolute Gasteiger partial charge is 0.495 e. The Kier molecular flexibility index (Phi) is 9.83. The van der Waals surface area contributed by atoms with Crippen molar-refractivity contribution < 1.29 is 27.5 Å². The molecule has 3 aromatic carbocycles. The Bertz CT molecular complexity index is 1360. The number of benzene rings is 3. The lowest BCUT2D eigenvalue weighted by Gasteiger charge is -2.23. The zero-order chi connectivity index (χ0) is 27.5. The molecule has 0 heterocycles. The van der Waals surface area contributed by atoms with E-state index in [0.29, 0.717) is 17.1 Å². The maximum Gasteiger partial charge on any atom is 0.260 e. The molecule has 1 atom stereocenters. The van der Waals surface area contributed by atoms with Crippen molar-refractivity contribution in [1.29, 1.82) is 0 Å². The van der Waals surface area contributed by atoms with Gasteiger partial charge in [0.15, 0.2) is 6.61 Å². The number of rotatable bonds is 12. The van der Waals surface area contributed by atoms with Crippen LogP contribution in [0.15, 0.2) is 84.0 Å². The van der Waals surface area contributed by atoms with Crippen LogP contribution >= 0.6 is 0 Å². The lowest BCUT2D eigenvalue weighted by molar-refractivity contribution is -0.123. The fourth-order valence-electron chi connectivity index (χ4n) is 3.47. The van der Waals surface area contributed by atoms with E-state index in [-0.39, 0.29) is 24.2 Å². The minimum atomic E-state index is -3.76. The van der Waals surface area contributed by atoms with E-state index in [1.165, 1.54) is 13.3 Å². The van der Waals surface area contributed by atoms with E-state index in [9.17, 15) is 18.0 Å². The van der Waals surface area contributed by atoms with Crippen LogP contribution in [-0.4, -0.2) is 53.0 Å². The molecule has 0 spiro atoms. The first-order valence-electron chi connectivity index (χ1n) is 11.7. The minimum Gasteiger partial charge on any atom is -0.495 e. The number of methoxy groups -OCH3 is 1. The van der Waals surface area contributed by atoms with E-state index in [2.05, 4.69) is 15.8 Å². The van der Waals surface area contributed by atoms with Crippen LogP contribution in [-0.2, 0) is 19.6 Å². The summed E-state index contributed by atoms with van der Waals surface area (Å²) in [6.45, 7) is 1.29. The molecule has 0 aliphatic heterocycles. The van der Waals surface area contributed by atoms with Crippen molar-refractivity contribution in [2.45, 2.75) is 13.0 Å². The Morgan fingerprint density at radius 1 is 0.974 bits per heavy atom. The Labute approximate surface area is 222 Å². The molecule has 38 heavy (non-hydrogen) atoms. The number of amides is 2. The summed E-state index contributed by atoms with van der Waals surface area (Å²) in [6.07, 6.45) is 2.41. The fourth-order valence-corrected chi connectivity index (χ4v) is 4.33. The molecular formula is C27H30N4O6S. The van der Waals surface area contributed by atoms with Crippen LogP contribution < -0.4 is 24.5 Å². The first-order chi connectivity index (χ1) is 18.2. The zero-order valence-electron chi connectivity index (χ0n) is 21.3. The molecule has 3 aromatic rings. The number of nitrogens with zero attached hydrogens (tertiary/aromatic N) is 2. The van der Waals surface area contributed by atoms with Crippen molar-refractivity contribution in [2.24, 2.45) is 5.10 Å². The van der Waals surface area contributed by atoms with Gasteiger partial charge in [0.1, 0.15) is 18.0 Å². The average Bonchev–Trinajstić information content (AvgIpc) is 2.91. The van der Waals surface area contributed by atoms with Crippen LogP contribution in [0.1, 0.15) is 24.1 Å². The number of sulfonamides is 1. The van der Waals surface area contributed by atoms with Gasteiger partial charge in [-0.3, -0.25) is 13.9 Å². The van der Waals surface area contributed by atoms with Crippen molar-refractivity contribution in [3.63, 3.8) is 0 Å². The molecule has 3 rings (SSSR count). The zero-order valence-corrected chi connectivity index (χ0v) is 22.1. The number of carbonyl (C=O) groups is 2. The van der Waals surface area contributed by atoms with Crippen molar-refractivity contribution >= 4 is 33.7 Å². The summed E-state index contributed by atoms with van der Waals surface area (Å²) < 4.78 is 36.3. The van der Waals surface area contributed by atoms with E-state index < -0.39 is 22.5 Å². The summed E-state index contributed by atoms with van der Waals surface area (Å²) in [4.78, 5) is 24.6. The van der Waals surface area contributed by atoms with E-state index in [0.717, 1.165) is 16.1 Å². The van der Waals surface area contributed by atoms with Crippen LogP contribution in [0.25, 0.3) is 0 Å². The van der Waals surface area contributed by atoms with Crippen molar-refractivity contribution in [2.75, 3.05) is 30.8 Å². The molecule has 2 amide bonds. The highest BCUT2D eigenvalue weighted by Gasteiger charge is 2.23. The van der Waals surface area contributed by atoms with E-state index >= 15 is 0 Å². The number of hydrazone groups is 1. The maximum absolute atomic E-state index is 12.4. The van der Waals surface area contributed by atoms with Gasteiger partial charge >= 0.3 is 0 Å². The number of nitrogens with one attached hydrogen (secondary N) is 2. The summed E-state index contributed by atoms with van der Waals surface area (Å²) in [5, 5.41) is 6.78. The molecule has 0 radical (unpaired) electrons. The van der Waals surface area contributed by atoms with Gasteiger partial charge in [0.25, 0.3) is 11.8 Å². The van der Waals surface area contributed by atoms with Crippen LogP contribution in [0.2, 0.25) is 0 Å². The fraction of sp³-hybridized carbons (Fsp3) is 0.222. The predicted octanol–water partition coefficient (Wildman–Crippen LogP) is 2.87. The van der Waals surface area contributed by atoms with E-state index in [4.69, 9.17) is 9.47 Å². The first kappa shape index (κ1) is 28.2.